The molecule has 134 valence electrons. The molecule has 0 heterocycles. The molecule has 0 bridgehead atoms. The van der Waals surface area contributed by atoms with Gasteiger partial charge in [-0.2, -0.15) is 8.42 Å². The van der Waals surface area contributed by atoms with Gasteiger partial charge in [-0.3, -0.25) is 4.55 Å². The van der Waals surface area contributed by atoms with Crippen molar-refractivity contribution >= 4 is 22.1 Å². The first-order valence-electron chi connectivity index (χ1n) is 7.71. The van der Waals surface area contributed by atoms with Crippen LogP contribution in [0, 0.1) is 5.92 Å². The van der Waals surface area contributed by atoms with E-state index in [4.69, 9.17) is 0 Å². The average molecular weight is 394 g/mol. The van der Waals surface area contributed by atoms with Crippen molar-refractivity contribution in [2.45, 2.75) is 64.5 Å². The van der Waals surface area contributed by atoms with Crippen molar-refractivity contribution in [2.24, 2.45) is 5.92 Å². The van der Waals surface area contributed by atoms with Gasteiger partial charge in [0, 0.05) is 5.57 Å². The molecule has 7 nitrogen and oxygen atoms in total. The van der Waals surface area contributed by atoms with Gasteiger partial charge in [0.15, 0.2) is 0 Å². The van der Waals surface area contributed by atoms with E-state index in [9.17, 15) is 32.8 Å². The summed E-state index contributed by atoms with van der Waals surface area (Å²) in [7, 11) is -4.77. The topological polar surface area (TPSA) is 135 Å². The van der Waals surface area contributed by atoms with Crippen LogP contribution in [0.25, 0.3) is 0 Å². The first kappa shape index (κ1) is 30.3. The largest absolute Gasteiger partial charge is 1.00 e. The molecule has 0 radical (unpaired) electrons. The summed E-state index contributed by atoms with van der Waals surface area (Å²) in [6.07, 6.45) is 2.62. The summed E-state index contributed by atoms with van der Waals surface area (Å²) in [6.45, 7) is 5.15. The van der Waals surface area contributed by atoms with Crippen LogP contribution < -0.4 is 69.3 Å². The molecule has 0 aromatic heterocycles. The Balaban J connectivity index is -0.00000242. The molecule has 0 aliphatic carbocycles. The molecule has 0 amide bonds. The monoisotopic (exact) mass is 394 g/mol. The van der Waals surface area contributed by atoms with Gasteiger partial charge in [0.1, 0.15) is 5.25 Å². The van der Waals surface area contributed by atoms with E-state index in [2.05, 4.69) is 0 Å². The quantitative estimate of drug-likeness (QED) is 0.209. The van der Waals surface area contributed by atoms with Crippen LogP contribution in [0.15, 0.2) is 11.1 Å². The Morgan fingerprint density at radius 3 is 1.80 bits per heavy atom. The molecular formula is C15H24Na2O7S. The summed E-state index contributed by atoms with van der Waals surface area (Å²) in [5.74, 6) is -3.78. The molecule has 1 N–H and O–H groups in total. The third-order valence-corrected chi connectivity index (χ3v) is 5.17. The molecule has 25 heavy (non-hydrogen) atoms. The maximum absolute atomic E-state index is 11.4. The molecular weight excluding hydrogens is 370 g/mol. The van der Waals surface area contributed by atoms with Crippen LogP contribution in [0.4, 0.5) is 0 Å². The van der Waals surface area contributed by atoms with Crippen molar-refractivity contribution in [3.05, 3.63) is 11.1 Å². The van der Waals surface area contributed by atoms with E-state index in [-0.39, 0.29) is 77.9 Å². The molecule has 0 aliphatic heterocycles. The van der Waals surface area contributed by atoms with Crippen molar-refractivity contribution in [1.82, 2.24) is 0 Å². The van der Waals surface area contributed by atoms with Crippen molar-refractivity contribution < 1.29 is 91.9 Å². The fraction of sp³-hybridized carbons (Fsp3) is 0.733. The van der Waals surface area contributed by atoms with Crippen molar-refractivity contribution in [3.63, 3.8) is 0 Å². The first-order valence-corrected chi connectivity index (χ1v) is 9.22. The Labute approximate surface area is 194 Å². The number of hydrogen-bond acceptors (Lipinski definition) is 6. The van der Waals surface area contributed by atoms with E-state index in [0.717, 1.165) is 12.8 Å². The molecule has 10 heteroatoms. The Kier molecular flexibility index (Phi) is 17.7. The van der Waals surface area contributed by atoms with Gasteiger partial charge in [0.2, 0.25) is 0 Å². The average Bonchev–Trinajstić information content (AvgIpc) is 2.43. The normalized spacial score (nSPS) is 14.4. The van der Waals surface area contributed by atoms with Gasteiger partial charge in [0.05, 0.1) is 11.9 Å². The van der Waals surface area contributed by atoms with Gasteiger partial charge in [0.25, 0.3) is 10.1 Å². The van der Waals surface area contributed by atoms with E-state index in [1.807, 2.05) is 13.8 Å². The Morgan fingerprint density at radius 1 is 1.00 bits per heavy atom. The first-order chi connectivity index (χ1) is 10.6. The number of carboxylic acids is 2. The van der Waals surface area contributed by atoms with Crippen LogP contribution in [0.1, 0.15) is 59.3 Å². The molecule has 0 aliphatic rings. The van der Waals surface area contributed by atoms with Crippen LogP contribution in [-0.2, 0) is 19.7 Å². The number of carboxylic acid groups (broad SMARTS) is 2. The van der Waals surface area contributed by atoms with Gasteiger partial charge in [-0.15, -0.1) is 0 Å². The predicted molar refractivity (Wildman–Crippen MR) is 80.6 cm³/mol. The van der Waals surface area contributed by atoms with Crippen molar-refractivity contribution in [3.8, 4) is 0 Å². The summed E-state index contributed by atoms with van der Waals surface area (Å²) in [6, 6.07) is 0. The summed E-state index contributed by atoms with van der Waals surface area (Å²) < 4.78 is 32.0. The number of carbonyl (C=O) groups excluding carboxylic acids is 2. The maximum Gasteiger partial charge on any atom is 1.00 e. The fourth-order valence-electron chi connectivity index (χ4n) is 2.55. The van der Waals surface area contributed by atoms with Crippen molar-refractivity contribution in [2.75, 3.05) is 0 Å². The number of carbonyl (C=O) groups is 2. The van der Waals surface area contributed by atoms with Gasteiger partial charge in [-0.25, -0.2) is 0 Å². The number of hydrogen-bond donors (Lipinski definition) is 1. The van der Waals surface area contributed by atoms with E-state index >= 15 is 0 Å². The molecule has 0 fully saturated rings. The standard InChI is InChI=1S/C15H26O7S.2Na/c1-4-7-8-10(5-2)9-11(14(16)17)13(15(18)19)12(6-3)23(20,21)22;;/h10,12H,4-9H2,1-3H3,(H,16,17)(H,18,19)(H,20,21,22);;/q;2*+1/p-2/b13-11-;;. The smallest absolute Gasteiger partial charge is 0.545 e. The zero-order valence-electron chi connectivity index (χ0n) is 15.7. The second-order valence-corrected chi connectivity index (χ2v) is 7.10. The summed E-state index contributed by atoms with van der Waals surface area (Å²) in [5, 5.41) is 20.9. The Morgan fingerprint density at radius 2 is 1.52 bits per heavy atom. The second kappa shape index (κ2) is 14.6. The van der Waals surface area contributed by atoms with E-state index < -0.39 is 38.5 Å². The molecule has 0 aromatic rings. The Bertz CT molecular complexity index is 558. The van der Waals surface area contributed by atoms with E-state index in [0.29, 0.717) is 12.8 Å². The molecule has 0 saturated heterocycles. The van der Waals surface area contributed by atoms with E-state index in [1.165, 1.54) is 6.92 Å². The molecule has 2 atom stereocenters. The second-order valence-electron chi connectivity index (χ2n) is 5.50. The molecule has 2 unspecified atom stereocenters. The summed E-state index contributed by atoms with van der Waals surface area (Å²) in [4.78, 5) is 22.7. The van der Waals surface area contributed by atoms with Crippen LogP contribution in [-0.4, -0.2) is 30.2 Å². The van der Waals surface area contributed by atoms with Crippen molar-refractivity contribution in [1.29, 1.82) is 0 Å². The molecule has 0 aromatic carbocycles. The number of rotatable bonds is 11. The van der Waals surface area contributed by atoms with Gasteiger partial charge >= 0.3 is 59.1 Å². The minimum atomic E-state index is -4.77. The molecule has 0 saturated carbocycles. The minimum absolute atomic E-state index is 0. The molecule has 0 rings (SSSR count). The maximum atomic E-state index is 11.4. The SMILES string of the molecule is CCCCC(CC)C/C(C(=O)[O-])=C(/C(=O)[O-])C(CC)S(=O)(=O)O.[Na+].[Na+]. The van der Waals surface area contributed by atoms with Crippen LogP contribution in [0.2, 0.25) is 0 Å². The van der Waals surface area contributed by atoms with Crippen LogP contribution in [0.3, 0.4) is 0 Å². The predicted octanol–water partition coefficient (Wildman–Crippen LogP) is -5.94. The molecule has 0 spiro atoms. The third kappa shape index (κ3) is 10.5. The van der Waals surface area contributed by atoms with Crippen LogP contribution in [0.5, 0.6) is 0 Å². The zero-order chi connectivity index (χ0) is 18.2. The fourth-order valence-corrected chi connectivity index (χ4v) is 3.51. The van der Waals surface area contributed by atoms with Gasteiger partial charge < -0.3 is 19.8 Å². The van der Waals surface area contributed by atoms with E-state index in [1.54, 1.807) is 0 Å². The van der Waals surface area contributed by atoms with Crippen LogP contribution >= 0.6 is 0 Å². The minimum Gasteiger partial charge on any atom is -0.545 e. The summed E-state index contributed by atoms with van der Waals surface area (Å²) >= 11 is 0. The zero-order valence-corrected chi connectivity index (χ0v) is 20.5. The number of unbranched alkanes of at least 4 members (excludes halogenated alkanes) is 1. The van der Waals surface area contributed by atoms with Gasteiger partial charge in [-0.05, 0) is 24.3 Å². The number of aliphatic carboxylic acids is 2. The van der Waals surface area contributed by atoms with Gasteiger partial charge in [-0.1, -0.05) is 46.5 Å². The third-order valence-electron chi connectivity index (χ3n) is 3.88. The Hall–Kier alpha value is 0.590. The summed E-state index contributed by atoms with van der Waals surface area (Å²) in [5.41, 5.74) is -1.53.